The number of benzene rings is 2. The van der Waals surface area contributed by atoms with E-state index in [1.54, 1.807) is 19.1 Å². The third kappa shape index (κ3) is 5.98. The molecular formula is C38H36F3N11O3. The molecule has 14 nitrogen and oxygen atoms in total. The number of hydrogen-bond acceptors (Lipinski definition) is 10. The van der Waals surface area contributed by atoms with Gasteiger partial charge >= 0.3 is 0 Å². The summed E-state index contributed by atoms with van der Waals surface area (Å²) in [5.74, 6) is -0.814. The first kappa shape index (κ1) is 34.7. The zero-order valence-electron chi connectivity index (χ0n) is 30.2. The fourth-order valence-electron chi connectivity index (χ4n) is 8.02. The monoisotopic (exact) mass is 751 g/mol. The van der Waals surface area contributed by atoms with E-state index in [4.69, 9.17) is 19.7 Å². The summed E-state index contributed by atoms with van der Waals surface area (Å²) in [7, 11) is 3.30. The second kappa shape index (κ2) is 13.3. The minimum absolute atomic E-state index is 0.0436. The summed E-state index contributed by atoms with van der Waals surface area (Å²) in [6.45, 7) is 3.04. The first-order chi connectivity index (χ1) is 26.6. The number of rotatable bonds is 4. The van der Waals surface area contributed by atoms with Crippen molar-refractivity contribution in [2.75, 3.05) is 48.9 Å². The lowest BCUT2D eigenvalue weighted by atomic mass is 10.1. The van der Waals surface area contributed by atoms with Gasteiger partial charge in [-0.2, -0.15) is 15.1 Å². The highest BCUT2D eigenvalue weighted by Gasteiger charge is 2.41. The van der Waals surface area contributed by atoms with Crippen molar-refractivity contribution in [2.45, 2.75) is 50.9 Å². The van der Waals surface area contributed by atoms with Gasteiger partial charge < -0.3 is 24.4 Å². The van der Waals surface area contributed by atoms with Crippen LogP contribution in [-0.4, -0.2) is 103 Å². The van der Waals surface area contributed by atoms with Crippen molar-refractivity contribution in [1.29, 1.82) is 0 Å². The van der Waals surface area contributed by atoms with Crippen molar-refractivity contribution >= 4 is 51.5 Å². The van der Waals surface area contributed by atoms with E-state index in [0.717, 1.165) is 12.1 Å². The Hall–Kier alpha value is -6.10. The fourth-order valence-corrected chi connectivity index (χ4v) is 8.02. The number of nitrogens with zero attached hydrogens (tertiary/aromatic N) is 10. The van der Waals surface area contributed by atoms with Gasteiger partial charge in [0, 0.05) is 64.0 Å². The lowest BCUT2D eigenvalue weighted by Gasteiger charge is -2.31. The maximum absolute atomic E-state index is 15.2. The van der Waals surface area contributed by atoms with Crippen molar-refractivity contribution in [2.24, 2.45) is 0 Å². The molecule has 2 amide bonds. The molecule has 0 saturated carbocycles. The van der Waals surface area contributed by atoms with Crippen molar-refractivity contribution in [3.05, 3.63) is 78.0 Å². The molecule has 0 radical (unpaired) electrons. The molecule has 0 spiro atoms. The number of aromatic nitrogens is 7. The molecule has 6 aromatic rings. The third-order valence-electron chi connectivity index (χ3n) is 10.7. The fraction of sp³-hybridized carbons (Fsp3) is 0.342. The van der Waals surface area contributed by atoms with Gasteiger partial charge in [0.1, 0.15) is 40.8 Å². The highest BCUT2D eigenvalue weighted by Crippen LogP contribution is 2.37. The Labute approximate surface area is 312 Å². The van der Waals surface area contributed by atoms with Crippen LogP contribution in [0.2, 0.25) is 0 Å². The Bertz CT molecular complexity index is 2520. The highest BCUT2D eigenvalue weighted by atomic mass is 19.1. The molecule has 4 bridgehead atoms. The molecule has 0 unspecified atom stereocenters. The predicted molar refractivity (Wildman–Crippen MR) is 197 cm³/mol. The van der Waals surface area contributed by atoms with Crippen LogP contribution >= 0.6 is 0 Å². The molecule has 2 saturated heterocycles. The average molecular weight is 752 g/mol. The van der Waals surface area contributed by atoms with Crippen molar-refractivity contribution < 1.29 is 27.5 Å². The van der Waals surface area contributed by atoms with E-state index >= 15 is 8.78 Å². The highest BCUT2D eigenvalue weighted by molar-refractivity contribution is 5.98. The van der Waals surface area contributed by atoms with Crippen LogP contribution in [0.5, 0.6) is 0 Å². The molecule has 2 aromatic carbocycles. The van der Waals surface area contributed by atoms with Gasteiger partial charge in [0.25, 0.3) is 0 Å². The molecule has 9 rings (SSSR count). The van der Waals surface area contributed by atoms with Gasteiger partial charge in [0.2, 0.25) is 17.8 Å². The van der Waals surface area contributed by atoms with E-state index in [1.807, 2.05) is 34.6 Å². The number of carbonyl (C=O) groups is 2. The quantitative estimate of drug-likeness (QED) is 0.272. The van der Waals surface area contributed by atoms with E-state index in [-0.39, 0.29) is 48.2 Å². The SMILES string of the molecule is CO[C@H]1CN(C)C(=O)[C@@H]2C[C@@H](CN2c2nc(N3CCCC3=O)nc3c2cnn3-c2ccc(F)cc2F)Nc2cccc(n2)-c2cc(F)cc3nc(C)n(c23)C1. The maximum Gasteiger partial charge on any atom is 0.245 e. The molecule has 3 atom stereocenters. The first-order valence-electron chi connectivity index (χ1n) is 18.0. The van der Waals surface area contributed by atoms with E-state index in [2.05, 4.69) is 15.4 Å². The third-order valence-corrected chi connectivity index (χ3v) is 10.7. The van der Waals surface area contributed by atoms with Crippen LogP contribution in [0.1, 0.15) is 25.1 Å². The van der Waals surface area contributed by atoms with E-state index in [9.17, 15) is 14.0 Å². The van der Waals surface area contributed by atoms with Crippen molar-refractivity contribution in [1.82, 2.24) is 39.2 Å². The molecule has 1 N–H and O–H groups in total. The van der Waals surface area contributed by atoms with Crippen LogP contribution in [0.15, 0.2) is 54.7 Å². The summed E-state index contributed by atoms with van der Waals surface area (Å²) in [5, 5.41) is 8.35. The minimum Gasteiger partial charge on any atom is -0.378 e. The number of carbonyl (C=O) groups excluding carboxylic acids is 2. The van der Waals surface area contributed by atoms with E-state index in [0.29, 0.717) is 77.5 Å². The Kier molecular flexibility index (Phi) is 8.40. The Balaban J connectivity index is 1.18. The topological polar surface area (TPSA) is 139 Å². The van der Waals surface area contributed by atoms with E-state index in [1.165, 1.54) is 34.0 Å². The molecule has 0 aliphatic carbocycles. The molecule has 7 heterocycles. The van der Waals surface area contributed by atoms with Gasteiger partial charge in [-0.05, 0) is 50.1 Å². The Morgan fingerprint density at radius 1 is 0.945 bits per heavy atom. The largest absolute Gasteiger partial charge is 0.378 e. The van der Waals surface area contributed by atoms with Crippen molar-refractivity contribution in [3.63, 3.8) is 0 Å². The Morgan fingerprint density at radius 3 is 2.58 bits per heavy atom. The lowest BCUT2D eigenvalue weighted by molar-refractivity contribution is -0.132. The van der Waals surface area contributed by atoms with Gasteiger partial charge in [0.15, 0.2) is 11.5 Å². The second-order valence-electron chi connectivity index (χ2n) is 14.2. The smallest absolute Gasteiger partial charge is 0.245 e. The Morgan fingerprint density at radius 2 is 1.80 bits per heavy atom. The molecule has 55 heavy (non-hydrogen) atoms. The number of pyridine rings is 1. The number of halogens is 3. The number of methoxy groups -OCH3 is 1. The number of amides is 2. The molecule has 2 fully saturated rings. The summed E-state index contributed by atoms with van der Waals surface area (Å²) in [5.41, 5.74) is 2.45. The summed E-state index contributed by atoms with van der Waals surface area (Å²) < 4.78 is 53.4. The number of nitrogens with one attached hydrogen (secondary N) is 1. The van der Waals surface area contributed by atoms with Crippen molar-refractivity contribution in [3.8, 4) is 16.9 Å². The van der Waals surface area contributed by atoms with Crippen LogP contribution in [-0.2, 0) is 20.9 Å². The minimum atomic E-state index is -0.850. The van der Waals surface area contributed by atoms with Gasteiger partial charge in [0.05, 0.1) is 41.0 Å². The standard InChI is InChI=1S/C38H36F3N11O3/c1-20-43-29-14-22(40)12-25-28-6-4-7-32(45-28)44-23-15-31(37(54)48(2)18-24(55-3)19-50(20)34(25)29)51(17-23)35-26-16-42-52(30-10-9-21(39)13-27(30)41)36(26)47-38(46-35)49-11-5-8-33(49)53/h4,6-7,9-10,12-14,16,23-24,31H,5,8,11,15,17-19H2,1-3H3,(H,44,45)/t23-,24-,31-/m0/s1. The van der Waals surface area contributed by atoms with Gasteiger partial charge in [-0.3, -0.25) is 14.5 Å². The maximum atomic E-state index is 15.2. The predicted octanol–water partition coefficient (Wildman–Crippen LogP) is 4.63. The average Bonchev–Trinajstić information content (AvgIpc) is 3.95. The zero-order chi connectivity index (χ0) is 38.1. The van der Waals surface area contributed by atoms with Gasteiger partial charge in [-0.25, -0.2) is 27.8 Å². The second-order valence-corrected chi connectivity index (χ2v) is 14.2. The van der Waals surface area contributed by atoms with Crippen LogP contribution in [0.4, 0.5) is 30.8 Å². The molecule has 17 heteroatoms. The molecule has 3 aliphatic rings. The van der Waals surface area contributed by atoms with E-state index < -0.39 is 29.6 Å². The van der Waals surface area contributed by atoms with Crippen LogP contribution in [0.3, 0.4) is 0 Å². The molecule has 282 valence electrons. The number of imidazole rings is 1. The zero-order valence-corrected chi connectivity index (χ0v) is 30.2. The number of ether oxygens (including phenoxy) is 1. The summed E-state index contributed by atoms with van der Waals surface area (Å²) in [6, 6.07) is 10.4. The van der Waals surface area contributed by atoms with Gasteiger partial charge in [-0.1, -0.05) is 6.07 Å². The lowest BCUT2D eigenvalue weighted by Crippen LogP contribution is -2.47. The number of likely N-dealkylation sites (N-methyl/N-ethyl adjacent to an activating group) is 1. The number of fused-ring (bicyclic) bond motifs is 6. The molecular weight excluding hydrogens is 715 g/mol. The number of anilines is 3. The number of aryl methyl sites for hydroxylation is 1. The summed E-state index contributed by atoms with van der Waals surface area (Å²) >= 11 is 0. The summed E-state index contributed by atoms with van der Waals surface area (Å²) in [6.07, 6.45) is 2.27. The normalized spacial score (nSPS) is 20.4. The van der Waals surface area contributed by atoms with Crippen LogP contribution < -0.4 is 15.1 Å². The number of hydrogen-bond donors (Lipinski definition) is 1. The van der Waals surface area contributed by atoms with Crippen LogP contribution in [0, 0.1) is 24.4 Å². The summed E-state index contributed by atoms with van der Waals surface area (Å²) in [4.78, 5) is 51.8. The molecule has 3 aliphatic heterocycles. The molecule has 4 aromatic heterocycles. The van der Waals surface area contributed by atoms with Crippen LogP contribution in [0.25, 0.3) is 39.0 Å². The first-order valence-corrected chi connectivity index (χ1v) is 18.0. The van der Waals surface area contributed by atoms with Gasteiger partial charge in [-0.15, -0.1) is 0 Å².